The second kappa shape index (κ2) is 10.5. The van der Waals surface area contributed by atoms with Crippen molar-refractivity contribution in [3.8, 4) is 0 Å². The van der Waals surface area contributed by atoms with E-state index in [1.807, 2.05) is 37.3 Å². The topological polar surface area (TPSA) is 74.2 Å². The molecule has 3 aliphatic rings. The number of ether oxygens (including phenoxy) is 1. The van der Waals surface area contributed by atoms with E-state index in [4.69, 9.17) is 9.73 Å². The van der Waals surface area contributed by atoms with E-state index in [0.29, 0.717) is 43.8 Å². The molecule has 1 N–H and O–H groups in total. The Morgan fingerprint density at radius 2 is 1.95 bits per heavy atom. The Kier molecular flexibility index (Phi) is 7.13. The average molecular weight is 511 g/mol. The number of aliphatic imine (C=N–C) groups is 1. The van der Waals surface area contributed by atoms with E-state index < -0.39 is 35.7 Å². The van der Waals surface area contributed by atoms with Crippen molar-refractivity contribution in [1.29, 1.82) is 0 Å². The van der Waals surface area contributed by atoms with Gasteiger partial charge in [-0.25, -0.2) is 18.4 Å². The third-order valence-corrected chi connectivity index (χ3v) is 7.68. The normalized spacial score (nSPS) is 29.0. The molecule has 3 amide bonds. The molecule has 0 bridgehead atoms. The van der Waals surface area contributed by atoms with Crippen LogP contribution in [0.15, 0.2) is 59.6 Å². The Hall–Kier alpha value is -3.49. The number of likely N-dealkylation sites (tertiary alicyclic amines) is 1. The van der Waals surface area contributed by atoms with Crippen LogP contribution in [0.25, 0.3) is 0 Å². The molecule has 2 aromatic rings. The number of amides is 3. The highest BCUT2D eigenvalue weighted by molar-refractivity contribution is 6.19. The molecule has 7 nitrogen and oxygen atoms in total. The summed E-state index contributed by atoms with van der Waals surface area (Å²) in [5.41, 5.74) is 0.343. The van der Waals surface area contributed by atoms with Gasteiger partial charge in [-0.05, 0) is 56.4 Å². The van der Waals surface area contributed by atoms with Gasteiger partial charge in [0.2, 0.25) is 0 Å². The van der Waals surface area contributed by atoms with Gasteiger partial charge in [-0.2, -0.15) is 0 Å². The molecule has 2 aliphatic heterocycles. The number of nitrogens with one attached hydrogen (secondary N) is 1. The summed E-state index contributed by atoms with van der Waals surface area (Å²) in [4.78, 5) is 34.2. The van der Waals surface area contributed by atoms with Crippen molar-refractivity contribution in [2.24, 2.45) is 4.99 Å². The van der Waals surface area contributed by atoms with E-state index in [1.54, 1.807) is 17.0 Å². The molecule has 3 fully saturated rings. The van der Waals surface area contributed by atoms with Crippen LogP contribution < -0.4 is 10.2 Å². The zero-order valence-corrected chi connectivity index (χ0v) is 20.9. The first-order valence-electron chi connectivity index (χ1n) is 12.9. The lowest BCUT2D eigenvalue weighted by Gasteiger charge is -2.46. The van der Waals surface area contributed by atoms with Crippen LogP contribution in [0, 0.1) is 5.82 Å². The van der Waals surface area contributed by atoms with Crippen molar-refractivity contribution >= 4 is 23.6 Å². The molecule has 5 rings (SSSR count). The number of halogens is 2. The number of alkyl halides is 1. The predicted octanol–water partition coefficient (Wildman–Crippen LogP) is 5.59. The SMILES string of the molecule is C[C@H]1C[C@]2(CCN1C(=O)OCc1ccccc1)C(=NC1CCCC[C@H]1F)NC(=O)N2c1cccc(F)c1. The van der Waals surface area contributed by atoms with Crippen molar-refractivity contribution in [2.75, 3.05) is 11.4 Å². The van der Waals surface area contributed by atoms with Gasteiger partial charge in [-0.3, -0.25) is 15.2 Å². The number of urea groups is 1. The Morgan fingerprint density at radius 1 is 1.16 bits per heavy atom. The van der Waals surface area contributed by atoms with Crippen molar-refractivity contribution in [3.05, 3.63) is 66.0 Å². The molecular weight excluding hydrogens is 478 g/mol. The van der Waals surface area contributed by atoms with Crippen molar-refractivity contribution in [1.82, 2.24) is 10.2 Å². The zero-order valence-electron chi connectivity index (χ0n) is 20.9. The number of carbonyl (C=O) groups is 2. The first-order chi connectivity index (χ1) is 17.9. The van der Waals surface area contributed by atoms with E-state index in [-0.39, 0.29) is 12.6 Å². The van der Waals surface area contributed by atoms with E-state index in [1.165, 1.54) is 17.0 Å². The fourth-order valence-electron chi connectivity index (χ4n) is 5.80. The van der Waals surface area contributed by atoms with Gasteiger partial charge in [-0.1, -0.05) is 49.2 Å². The maximum Gasteiger partial charge on any atom is 0.410 e. The fourth-order valence-corrected chi connectivity index (χ4v) is 5.80. The Balaban J connectivity index is 1.42. The summed E-state index contributed by atoms with van der Waals surface area (Å²) in [5, 5.41) is 2.87. The number of hydrogen-bond acceptors (Lipinski definition) is 4. The first-order valence-corrected chi connectivity index (χ1v) is 12.9. The lowest BCUT2D eigenvalue weighted by atomic mass is 9.81. The number of hydrogen-bond donors (Lipinski definition) is 1. The number of nitrogens with zero attached hydrogens (tertiary/aromatic N) is 3. The summed E-state index contributed by atoms with van der Waals surface area (Å²) in [6.45, 7) is 2.36. The number of piperidine rings is 1. The smallest absolute Gasteiger partial charge is 0.410 e. The van der Waals surface area contributed by atoms with Gasteiger partial charge in [0, 0.05) is 18.3 Å². The minimum absolute atomic E-state index is 0.162. The summed E-state index contributed by atoms with van der Waals surface area (Å²) < 4.78 is 34.5. The lowest BCUT2D eigenvalue weighted by molar-refractivity contribution is 0.0645. The van der Waals surface area contributed by atoms with Crippen LogP contribution in [0.3, 0.4) is 0 Å². The standard InChI is InChI=1S/C28H32F2N4O3/c1-19-17-28(14-15-33(19)27(36)37-18-20-8-3-2-4-9-20)25(31-24-13-6-5-12-23(24)30)32-26(35)34(28)22-11-7-10-21(29)16-22/h2-4,7-11,16,19,23-24H,5-6,12-15,17-18H2,1H3,(H,31,32,35)/t19-,23+,24?,28+/m0/s1. The van der Waals surface area contributed by atoms with Crippen molar-refractivity contribution in [2.45, 2.75) is 75.8 Å². The van der Waals surface area contributed by atoms with E-state index in [0.717, 1.165) is 18.4 Å². The molecule has 2 saturated heterocycles. The third-order valence-electron chi connectivity index (χ3n) is 7.68. The molecule has 1 aliphatic carbocycles. The fraction of sp³-hybridized carbons (Fsp3) is 0.464. The third kappa shape index (κ3) is 5.04. The predicted molar refractivity (Wildman–Crippen MR) is 137 cm³/mol. The molecule has 4 atom stereocenters. The highest BCUT2D eigenvalue weighted by Gasteiger charge is 2.55. The van der Waals surface area contributed by atoms with Gasteiger partial charge in [-0.15, -0.1) is 0 Å². The van der Waals surface area contributed by atoms with E-state index in [9.17, 15) is 18.4 Å². The van der Waals surface area contributed by atoms with Gasteiger partial charge in [0.15, 0.2) is 0 Å². The molecule has 0 aromatic heterocycles. The maximum absolute atomic E-state index is 14.7. The van der Waals surface area contributed by atoms with Gasteiger partial charge in [0.25, 0.3) is 0 Å². The van der Waals surface area contributed by atoms with Crippen LogP contribution in [0.1, 0.15) is 51.0 Å². The van der Waals surface area contributed by atoms with Crippen molar-refractivity contribution < 1.29 is 23.1 Å². The highest BCUT2D eigenvalue weighted by atomic mass is 19.1. The Bertz CT molecular complexity index is 1180. The molecule has 9 heteroatoms. The number of amidine groups is 1. The quantitative estimate of drug-likeness (QED) is 0.582. The Morgan fingerprint density at radius 3 is 2.68 bits per heavy atom. The van der Waals surface area contributed by atoms with Crippen LogP contribution in [-0.2, 0) is 11.3 Å². The van der Waals surface area contributed by atoms with Crippen LogP contribution in [0.5, 0.6) is 0 Å². The average Bonchev–Trinajstić information content (AvgIpc) is 3.14. The van der Waals surface area contributed by atoms with E-state index >= 15 is 0 Å². The number of rotatable bonds is 4. The molecule has 1 saturated carbocycles. The minimum Gasteiger partial charge on any atom is -0.445 e. The molecule has 1 unspecified atom stereocenters. The van der Waals surface area contributed by atoms with Gasteiger partial charge < -0.3 is 9.64 Å². The lowest BCUT2D eigenvalue weighted by Crippen LogP contribution is -2.60. The summed E-state index contributed by atoms with van der Waals surface area (Å²) in [6, 6.07) is 14.1. The van der Waals surface area contributed by atoms with Gasteiger partial charge in [0.05, 0.1) is 6.04 Å². The minimum atomic E-state index is -1.07. The second-order valence-electron chi connectivity index (χ2n) is 10.2. The summed E-state index contributed by atoms with van der Waals surface area (Å²) >= 11 is 0. The second-order valence-corrected chi connectivity index (χ2v) is 10.2. The molecule has 1 spiro atoms. The monoisotopic (exact) mass is 510 g/mol. The largest absolute Gasteiger partial charge is 0.445 e. The van der Waals surface area contributed by atoms with Crippen LogP contribution >= 0.6 is 0 Å². The van der Waals surface area contributed by atoms with Gasteiger partial charge >= 0.3 is 12.1 Å². The maximum atomic E-state index is 14.7. The molecular formula is C28H32F2N4O3. The zero-order chi connectivity index (χ0) is 26.0. The molecule has 2 aromatic carbocycles. The van der Waals surface area contributed by atoms with Crippen molar-refractivity contribution in [3.63, 3.8) is 0 Å². The van der Waals surface area contributed by atoms with Crippen LogP contribution in [-0.4, -0.2) is 53.2 Å². The molecule has 196 valence electrons. The summed E-state index contributed by atoms with van der Waals surface area (Å²) in [5.74, 6) is -0.0580. The van der Waals surface area contributed by atoms with Crippen LogP contribution in [0.2, 0.25) is 0 Å². The molecule has 37 heavy (non-hydrogen) atoms. The number of carbonyl (C=O) groups excluding carboxylic acids is 2. The van der Waals surface area contributed by atoms with Crippen LogP contribution in [0.4, 0.5) is 24.1 Å². The van der Waals surface area contributed by atoms with Gasteiger partial charge in [0.1, 0.15) is 30.0 Å². The summed E-state index contributed by atoms with van der Waals surface area (Å²) in [6.07, 6.45) is 1.98. The first kappa shape index (κ1) is 25.2. The summed E-state index contributed by atoms with van der Waals surface area (Å²) in [7, 11) is 0. The number of anilines is 1. The highest BCUT2D eigenvalue weighted by Crippen LogP contribution is 2.41. The number of benzene rings is 2. The Labute approximate surface area is 215 Å². The molecule has 2 heterocycles. The van der Waals surface area contributed by atoms with E-state index in [2.05, 4.69) is 5.32 Å². The molecule has 0 radical (unpaired) electrons.